The van der Waals surface area contributed by atoms with Crippen molar-refractivity contribution in [3.63, 3.8) is 0 Å². The van der Waals surface area contributed by atoms with Crippen LogP contribution in [0.15, 0.2) is 42.5 Å². The molecule has 25 heavy (non-hydrogen) atoms. The normalized spacial score (nSPS) is 11.5. The average molecular weight is 345 g/mol. The van der Waals surface area contributed by atoms with Crippen LogP contribution in [0, 0.1) is 0 Å². The Kier molecular flexibility index (Phi) is 6.65. The third-order valence-electron chi connectivity index (χ3n) is 3.80. The molecular formula is C19H25N2O4+. The molecule has 1 atom stereocenters. The van der Waals surface area contributed by atoms with Gasteiger partial charge in [0.15, 0.2) is 6.54 Å². The van der Waals surface area contributed by atoms with Crippen LogP contribution < -0.4 is 24.4 Å². The molecule has 6 nitrogen and oxygen atoms in total. The number of nitrogens with one attached hydrogen (secondary N) is 2. The van der Waals surface area contributed by atoms with Crippen LogP contribution in [0.3, 0.4) is 0 Å². The highest BCUT2D eigenvalue weighted by Gasteiger charge is 2.14. The molecular weight excluding hydrogens is 320 g/mol. The van der Waals surface area contributed by atoms with Gasteiger partial charge >= 0.3 is 0 Å². The number of likely N-dealkylation sites (N-methyl/N-ethyl adjacent to an activating group) is 1. The van der Waals surface area contributed by atoms with Gasteiger partial charge in [-0.25, -0.2) is 0 Å². The number of benzene rings is 2. The molecule has 0 fully saturated rings. The summed E-state index contributed by atoms with van der Waals surface area (Å²) >= 11 is 0. The lowest BCUT2D eigenvalue weighted by Gasteiger charge is -2.16. The molecule has 134 valence electrons. The molecule has 0 saturated carbocycles. The minimum atomic E-state index is -0.0572. The number of carbonyl (C=O) groups is 1. The second kappa shape index (κ2) is 8.94. The summed E-state index contributed by atoms with van der Waals surface area (Å²) in [6.45, 7) is 1.01. The standard InChI is InChI=1S/C19H24N2O4/c1-21(12-14-8-9-17(24-3)11-18(14)25-4)13-19(22)20-15-6-5-7-16(10-15)23-2/h5-11H,12-13H2,1-4H3,(H,20,22)/p+1. The molecule has 0 aliphatic heterocycles. The lowest BCUT2D eigenvalue weighted by Crippen LogP contribution is -3.08. The summed E-state index contributed by atoms with van der Waals surface area (Å²) in [5.41, 5.74) is 1.74. The highest BCUT2D eigenvalue weighted by Crippen LogP contribution is 2.23. The van der Waals surface area contributed by atoms with E-state index >= 15 is 0 Å². The number of carbonyl (C=O) groups excluding carboxylic acids is 1. The van der Waals surface area contributed by atoms with Crippen molar-refractivity contribution in [3.05, 3.63) is 48.0 Å². The summed E-state index contributed by atoms with van der Waals surface area (Å²) in [5, 5.41) is 2.89. The van der Waals surface area contributed by atoms with E-state index in [9.17, 15) is 4.79 Å². The lowest BCUT2D eigenvalue weighted by molar-refractivity contribution is -0.885. The molecule has 0 heterocycles. The van der Waals surface area contributed by atoms with Gasteiger partial charge in [0.25, 0.3) is 5.91 Å². The molecule has 0 aromatic heterocycles. The van der Waals surface area contributed by atoms with Crippen molar-refractivity contribution in [2.45, 2.75) is 6.54 Å². The van der Waals surface area contributed by atoms with E-state index in [4.69, 9.17) is 14.2 Å². The fraction of sp³-hybridized carbons (Fsp3) is 0.316. The van der Waals surface area contributed by atoms with Crippen molar-refractivity contribution >= 4 is 11.6 Å². The fourth-order valence-electron chi connectivity index (χ4n) is 2.57. The van der Waals surface area contributed by atoms with Gasteiger partial charge < -0.3 is 24.4 Å². The molecule has 6 heteroatoms. The van der Waals surface area contributed by atoms with Gasteiger partial charge in [0, 0.05) is 23.4 Å². The van der Waals surface area contributed by atoms with Gasteiger partial charge in [-0.3, -0.25) is 4.79 Å². The van der Waals surface area contributed by atoms with Crippen LogP contribution >= 0.6 is 0 Å². The average Bonchev–Trinajstić information content (AvgIpc) is 2.61. The minimum Gasteiger partial charge on any atom is -0.497 e. The third-order valence-corrected chi connectivity index (χ3v) is 3.80. The first-order valence-electron chi connectivity index (χ1n) is 8.01. The Balaban J connectivity index is 1.95. The fourth-order valence-corrected chi connectivity index (χ4v) is 2.57. The molecule has 1 unspecified atom stereocenters. The Morgan fingerprint density at radius 2 is 1.72 bits per heavy atom. The molecule has 0 bridgehead atoms. The second-order valence-corrected chi connectivity index (χ2v) is 5.77. The molecule has 0 aliphatic carbocycles. The van der Waals surface area contributed by atoms with E-state index in [0.717, 1.165) is 27.6 Å². The largest absolute Gasteiger partial charge is 0.497 e. The summed E-state index contributed by atoms with van der Waals surface area (Å²) < 4.78 is 15.8. The first-order valence-corrected chi connectivity index (χ1v) is 8.01. The zero-order chi connectivity index (χ0) is 18.2. The highest BCUT2D eigenvalue weighted by molar-refractivity contribution is 5.91. The van der Waals surface area contributed by atoms with E-state index in [0.29, 0.717) is 18.8 Å². The Morgan fingerprint density at radius 3 is 2.40 bits per heavy atom. The summed E-state index contributed by atoms with van der Waals surface area (Å²) in [7, 11) is 6.81. The SMILES string of the molecule is COc1cccc(NC(=O)C[NH+](C)Cc2ccc(OC)cc2OC)c1. The van der Waals surface area contributed by atoms with E-state index < -0.39 is 0 Å². The van der Waals surface area contributed by atoms with Crippen molar-refractivity contribution in [2.24, 2.45) is 0 Å². The second-order valence-electron chi connectivity index (χ2n) is 5.77. The van der Waals surface area contributed by atoms with E-state index in [2.05, 4.69) is 5.32 Å². The number of quaternary nitrogens is 1. The maximum absolute atomic E-state index is 12.2. The van der Waals surface area contributed by atoms with Gasteiger partial charge in [-0.1, -0.05) is 6.07 Å². The van der Waals surface area contributed by atoms with Crippen molar-refractivity contribution < 1.29 is 23.9 Å². The van der Waals surface area contributed by atoms with Crippen LogP contribution in [0.5, 0.6) is 17.2 Å². The Labute approximate surface area is 148 Å². The van der Waals surface area contributed by atoms with Crippen molar-refractivity contribution in [3.8, 4) is 17.2 Å². The van der Waals surface area contributed by atoms with Gasteiger partial charge in [-0.2, -0.15) is 0 Å². The molecule has 2 N–H and O–H groups in total. The summed E-state index contributed by atoms with van der Waals surface area (Å²) in [4.78, 5) is 13.3. The molecule has 0 saturated heterocycles. The maximum Gasteiger partial charge on any atom is 0.279 e. The molecule has 1 amide bonds. The van der Waals surface area contributed by atoms with Gasteiger partial charge in [0.05, 0.1) is 28.4 Å². The first kappa shape index (κ1) is 18.6. The number of ether oxygens (including phenoxy) is 3. The van der Waals surface area contributed by atoms with Crippen molar-refractivity contribution in [2.75, 3.05) is 40.2 Å². The summed E-state index contributed by atoms with van der Waals surface area (Å²) in [6.07, 6.45) is 0. The highest BCUT2D eigenvalue weighted by atomic mass is 16.5. The Bertz CT molecular complexity index is 718. The number of amides is 1. The van der Waals surface area contributed by atoms with E-state index in [-0.39, 0.29) is 5.91 Å². The van der Waals surface area contributed by atoms with Gasteiger partial charge in [0.2, 0.25) is 0 Å². The molecule has 0 aliphatic rings. The third kappa shape index (κ3) is 5.39. The first-order chi connectivity index (χ1) is 12.0. The van der Waals surface area contributed by atoms with Crippen LogP contribution in [0.1, 0.15) is 5.56 Å². The number of hydrogen-bond donors (Lipinski definition) is 2. The topological polar surface area (TPSA) is 61.2 Å². The van der Waals surface area contributed by atoms with Crippen molar-refractivity contribution in [1.29, 1.82) is 0 Å². The Hall–Kier alpha value is -2.73. The number of hydrogen-bond acceptors (Lipinski definition) is 4. The quantitative estimate of drug-likeness (QED) is 0.759. The van der Waals surface area contributed by atoms with E-state index in [1.807, 2.05) is 43.4 Å². The molecule has 2 rings (SSSR count). The predicted octanol–water partition coefficient (Wildman–Crippen LogP) is 1.37. The van der Waals surface area contributed by atoms with E-state index in [1.54, 1.807) is 27.4 Å². The molecule has 0 spiro atoms. The van der Waals surface area contributed by atoms with Crippen molar-refractivity contribution in [1.82, 2.24) is 0 Å². The van der Waals surface area contributed by atoms with Crippen LogP contribution in [-0.2, 0) is 11.3 Å². The molecule has 2 aromatic carbocycles. The number of rotatable bonds is 8. The van der Waals surface area contributed by atoms with Gasteiger partial charge in [-0.15, -0.1) is 0 Å². The van der Waals surface area contributed by atoms with Gasteiger partial charge in [-0.05, 0) is 24.3 Å². The van der Waals surface area contributed by atoms with E-state index in [1.165, 1.54) is 0 Å². The zero-order valence-corrected chi connectivity index (χ0v) is 15.1. The maximum atomic E-state index is 12.2. The van der Waals surface area contributed by atoms with Crippen LogP contribution in [-0.4, -0.2) is 40.8 Å². The Morgan fingerprint density at radius 1 is 1.00 bits per heavy atom. The molecule has 0 radical (unpaired) electrons. The lowest BCUT2D eigenvalue weighted by atomic mass is 10.2. The van der Waals surface area contributed by atoms with Gasteiger partial charge in [0.1, 0.15) is 23.8 Å². The monoisotopic (exact) mass is 345 g/mol. The molecule has 2 aromatic rings. The minimum absolute atomic E-state index is 0.0572. The predicted molar refractivity (Wildman–Crippen MR) is 96.6 cm³/mol. The zero-order valence-electron chi connectivity index (χ0n) is 15.1. The van der Waals surface area contributed by atoms with Crippen LogP contribution in [0.2, 0.25) is 0 Å². The smallest absolute Gasteiger partial charge is 0.279 e. The van der Waals surface area contributed by atoms with Crippen LogP contribution in [0.4, 0.5) is 5.69 Å². The number of methoxy groups -OCH3 is 3. The summed E-state index contributed by atoms with van der Waals surface area (Å²) in [6, 6.07) is 13.0. The number of anilines is 1. The van der Waals surface area contributed by atoms with Crippen LogP contribution in [0.25, 0.3) is 0 Å². The summed E-state index contributed by atoms with van der Waals surface area (Å²) in [5.74, 6) is 2.15.